The minimum absolute atomic E-state index is 0.170. The van der Waals surface area contributed by atoms with Gasteiger partial charge in [0.2, 0.25) is 5.91 Å². The number of carbonyl (C=O) groups excluding carboxylic acids is 1. The summed E-state index contributed by atoms with van der Waals surface area (Å²) in [5.74, 6) is 1.73. The Morgan fingerprint density at radius 2 is 2.07 bits per heavy atom. The molecule has 1 atom stereocenters. The van der Waals surface area contributed by atoms with Crippen molar-refractivity contribution in [3.63, 3.8) is 0 Å². The molecule has 0 aromatic carbocycles. The molecule has 1 saturated heterocycles. The van der Waals surface area contributed by atoms with Gasteiger partial charge in [-0.1, -0.05) is 13.3 Å². The maximum absolute atomic E-state index is 11.8. The number of amides is 1. The zero-order valence-corrected chi connectivity index (χ0v) is 10.1. The fourth-order valence-corrected chi connectivity index (χ4v) is 2.71. The smallest absolute Gasteiger partial charge is 0.222 e. The Bertz CT molecular complexity index is 232. The quantitative estimate of drug-likeness (QED) is 0.739. The Hall–Kier alpha value is -0.420. The highest BCUT2D eigenvalue weighted by Crippen LogP contribution is 2.10. The summed E-state index contributed by atoms with van der Waals surface area (Å²) < 4.78 is 11.1. The molecule has 0 bridgehead atoms. The molecule has 0 radical (unpaired) electrons. The van der Waals surface area contributed by atoms with E-state index in [1.165, 1.54) is 0 Å². The summed E-state index contributed by atoms with van der Waals surface area (Å²) in [5.41, 5.74) is 5.56. The second-order valence-electron chi connectivity index (χ2n) is 3.94. The van der Waals surface area contributed by atoms with E-state index in [-0.39, 0.29) is 5.91 Å². The zero-order valence-electron chi connectivity index (χ0n) is 9.28. The van der Waals surface area contributed by atoms with Crippen LogP contribution in [0.5, 0.6) is 0 Å². The van der Waals surface area contributed by atoms with Gasteiger partial charge in [0.15, 0.2) is 0 Å². The molecule has 1 aliphatic rings. The largest absolute Gasteiger partial charge is 0.341 e. The van der Waals surface area contributed by atoms with Crippen molar-refractivity contribution < 1.29 is 9.00 Å². The highest BCUT2D eigenvalue weighted by Gasteiger charge is 2.21. The number of rotatable bonds is 4. The molecule has 5 heteroatoms. The highest BCUT2D eigenvalue weighted by atomic mass is 32.2. The number of carbonyl (C=O) groups is 1. The highest BCUT2D eigenvalue weighted by molar-refractivity contribution is 7.85. The van der Waals surface area contributed by atoms with Gasteiger partial charge in [-0.15, -0.1) is 0 Å². The van der Waals surface area contributed by atoms with Crippen LogP contribution < -0.4 is 5.73 Å². The fraction of sp³-hybridized carbons (Fsp3) is 0.900. The summed E-state index contributed by atoms with van der Waals surface area (Å²) in [7, 11) is -0.712. The van der Waals surface area contributed by atoms with Gasteiger partial charge in [0, 0.05) is 41.8 Å². The minimum atomic E-state index is -0.712. The van der Waals surface area contributed by atoms with Gasteiger partial charge in [0.05, 0.1) is 0 Å². The van der Waals surface area contributed by atoms with Gasteiger partial charge >= 0.3 is 0 Å². The predicted octanol–water partition coefficient (Wildman–Crippen LogP) is -0.0477. The molecule has 4 nitrogen and oxygen atoms in total. The van der Waals surface area contributed by atoms with Crippen LogP contribution in [0.15, 0.2) is 0 Å². The summed E-state index contributed by atoms with van der Waals surface area (Å²) in [6.45, 7) is 3.91. The number of hydrogen-bond acceptors (Lipinski definition) is 3. The van der Waals surface area contributed by atoms with Crippen molar-refractivity contribution in [3.05, 3.63) is 0 Å². The molecule has 0 saturated carbocycles. The van der Waals surface area contributed by atoms with Gasteiger partial charge in [0.25, 0.3) is 0 Å². The Labute approximate surface area is 93.7 Å². The molecule has 1 unspecified atom stereocenters. The van der Waals surface area contributed by atoms with Gasteiger partial charge in [-0.25, -0.2) is 0 Å². The van der Waals surface area contributed by atoms with Crippen molar-refractivity contribution in [1.29, 1.82) is 0 Å². The maximum atomic E-state index is 11.8. The lowest BCUT2D eigenvalue weighted by Gasteiger charge is -2.27. The standard InChI is InChI=1S/C10H20N2O2S/c1-2-9(8-11)7-10(13)12-3-5-15(14)6-4-12/h9H,2-8,11H2,1H3. The van der Waals surface area contributed by atoms with E-state index in [9.17, 15) is 9.00 Å². The van der Waals surface area contributed by atoms with Crippen LogP contribution in [0.4, 0.5) is 0 Å². The van der Waals surface area contributed by atoms with Crippen LogP contribution in [0.3, 0.4) is 0 Å². The summed E-state index contributed by atoms with van der Waals surface area (Å²) in [5, 5.41) is 0. The lowest BCUT2D eigenvalue weighted by atomic mass is 10.0. The lowest BCUT2D eigenvalue weighted by Crippen LogP contribution is -2.42. The molecule has 1 rings (SSSR count). The van der Waals surface area contributed by atoms with E-state index in [0.717, 1.165) is 6.42 Å². The monoisotopic (exact) mass is 232 g/mol. The van der Waals surface area contributed by atoms with Crippen molar-refractivity contribution in [2.24, 2.45) is 11.7 Å². The van der Waals surface area contributed by atoms with Crippen LogP contribution in [0.2, 0.25) is 0 Å². The van der Waals surface area contributed by atoms with Crippen LogP contribution in [0.25, 0.3) is 0 Å². The Kier molecular flexibility index (Phi) is 5.25. The third-order valence-electron chi connectivity index (χ3n) is 2.90. The molecule has 1 heterocycles. The van der Waals surface area contributed by atoms with Crippen LogP contribution in [0, 0.1) is 5.92 Å². The summed E-state index contributed by atoms with van der Waals surface area (Å²) in [6.07, 6.45) is 1.49. The first-order valence-electron chi connectivity index (χ1n) is 5.50. The first-order chi connectivity index (χ1) is 7.17. The fourth-order valence-electron chi connectivity index (χ4n) is 1.66. The van der Waals surface area contributed by atoms with Crippen LogP contribution >= 0.6 is 0 Å². The van der Waals surface area contributed by atoms with E-state index in [1.54, 1.807) is 0 Å². The van der Waals surface area contributed by atoms with E-state index < -0.39 is 10.8 Å². The Morgan fingerprint density at radius 3 is 2.53 bits per heavy atom. The molecule has 1 amide bonds. The van der Waals surface area contributed by atoms with E-state index in [1.807, 2.05) is 4.90 Å². The number of nitrogens with zero attached hydrogens (tertiary/aromatic N) is 1. The maximum Gasteiger partial charge on any atom is 0.222 e. The van der Waals surface area contributed by atoms with Crippen molar-refractivity contribution >= 4 is 16.7 Å². The number of nitrogens with two attached hydrogens (primary N) is 1. The SMILES string of the molecule is CCC(CN)CC(=O)N1CCS(=O)CC1. The molecule has 0 aromatic heterocycles. The molecule has 88 valence electrons. The predicted molar refractivity (Wildman–Crippen MR) is 61.9 cm³/mol. The van der Waals surface area contributed by atoms with Gasteiger partial charge in [-0.2, -0.15) is 0 Å². The van der Waals surface area contributed by atoms with E-state index in [0.29, 0.717) is 43.5 Å². The van der Waals surface area contributed by atoms with Gasteiger partial charge in [-0.3, -0.25) is 9.00 Å². The van der Waals surface area contributed by atoms with E-state index in [2.05, 4.69) is 6.92 Å². The average Bonchev–Trinajstić information content (AvgIpc) is 2.26. The topological polar surface area (TPSA) is 63.4 Å². The molecular formula is C10H20N2O2S. The molecule has 0 aliphatic carbocycles. The summed E-state index contributed by atoms with van der Waals surface area (Å²) in [6, 6.07) is 0. The first kappa shape index (κ1) is 12.6. The number of hydrogen-bond donors (Lipinski definition) is 1. The Morgan fingerprint density at radius 1 is 1.47 bits per heavy atom. The van der Waals surface area contributed by atoms with Crippen LogP contribution in [-0.2, 0) is 15.6 Å². The Balaban J connectivity index is 2.36. The van der Waals surface area contributed by atoms with Crippen molar-refractivity contribution in [2.45, 2.75) is 19.8 Å². The van der Waals surface area contributed by atoms with Crippen molar-refractivity contribution in [3.8, 4) is 0 Å². The molecule has 0 spiro atoms. The van der Waals surface area contributed by atoms with Crippen LogP contribution in [-0.4, -0.2) is 46.2 Å². The third kappa shape index (κ3) is 3.91. The second-order valence-corrected chi connectivity index (χ2v) is 5.64. The minimum Gasteiger partial charge on any atom is -0.341 e. The van der Waals surface area contributed by atoms with Gasteiger partial charge in [-0.05, 0) is 12.5 Å². The van der Waals surface area contributed by atoms with Crippen molar-refractivity contribution in [1.82, 2.24) is 4.90 Å². The molecule has 1 fully saturated rings. The van der Waals surface area contributed by atoms with Gasteiger partial charge in [0.1, 0.15) is 0 Å². The molecule has 0 aromatic rings. The average molecular weight is 232 g/mol. The van der Waals surface area contributed by atoms with E-state index >= 15 is 0 Å². The molecule has 15 heavy (non-hydrogen) atoms. The summed E-state index contributed by atoms with van der Waals surface area (Å²) >= 11 is 0. The van der Waals surface area contributed by atoms with Crippen molar-refractivity contribution in [2.75, 3.05) is 31.1 Å². The van der Waals surface area contributed by atoms with Crippen LogP contribution in [0.1, 0.15) is 19.8 Å². The normalized spacial score (nSPS) is 20.3. The third-order valence-corrected chi connectivity index (χ3v) is 4.18. The zero-order chi connectivity index (χ0) is 11.3. The molecule has 2 N–H and O–H groups in total. The second kappa shape index (κ2) is 6.23. The molecular weight excluding hydrogens is 212 g/mol. The van der Waals surface area contributed by atoms with E-state index in [4.69, 9.17) is 5.73 Å². The summed E-state index contributed by atoms with van der Waals surface area (Å²) in [4.78, 5) is 13.6. The first-order valence-corrected chi connectivity index (χ1v) is 6.99. The molecule has 1 aliphatic heterocycles. The van der Waals surface area contributed by atoms with Gasteiger partial charge < -0.3 is 10.6 Å². The lowest BCUT2D eigenvalue weighted by molar-refractivity contribution is -0.131.